The van der Waals surface area contributed by atoms with E-state index < -0.39 is 0 Å². The molecule has 100 valence electrons. The van der Waals surface area contributed by atoms with Crippen LogP contribution in [-0.4, -0.2) is 17.3 Å². The lowest BCUT2D eigenvalue weighted by atomic mass is 9.93. The summed E-state index contributed by atoms with van der Waals surface area (Å²) in [5.41, 5.74) is 9.27. The van der Waals surface area contributed by atoms with Gasteiger partial charge >= 0.3 is 0 Å². The molecular weight excluding hydrogens is 238 g/mol. The van der Waals surface area contributed by atoms with Crippen LogP contribution in [0.5, 0.6) is 5.75 Å². The van der Waals surface area contributed by atoms with Crippen LogP contribution in [0.1, 0.15) is 37.2 Å². The van der Waals surface area contributed by atoms with Crippen molar-refractivity contribution in [1.82, 2.24) is 10.2 Å². The highest BCUT2D eigenvalue weighted by Crippen LogP contribution is 2.40. The summed E-state index contributed by atoms with van der Waals surface area (Å²) in [5, 5.41) is 6.77. The van der Waals surface area contributed by atoms with Crippen LogP contribution in [0.2, 0.25) is 0 Å². The number of nitrogens with zero attached hydrogens (tertiary/aromatic N) is 1. The summed E-state index contributed by atoms with van der Waals surface area (Å²) in [7, 11) is 1.74. The molecule has 19 heavy (non-hydrogen) atoms. The van der Waals surface area contributed by atoms with Gasteiger partial charge in [0.15, 0.2) is 0 Å². The summed E-state index contributed by atoms with van der Waals surface area (Å²) in [6.45, 7) is 0. The highest BCUT2D eigenvalue weighted by molar-refractivity contribution is 5.74. The number of aromatic amines is 1. The minimum Gasteiger partial charge on any atom is -0.496 e. The molecule has 0 unspecified atom stereocenters. The molecule has 4 nitrogen and oxygen atoms in total. The average Bonchev–Trinajstić information content (AvgIpc) is 3.09. The Bertz CT molecular complexity index is 571. The Hall–Kier alpha value is -1.97. The molecule has 3 rings (SSSR count). The SMILES string of the molecule is COc1ccc(-c2cn[nH]c2N)cc1C1CCCC1. The molecule has 1 fully saturated rings. The van der Waals surface area contributed by atoms with Gasteiger partial charge in [0.05, 0.1) is 13.3 Å². The number of nitrogens with one attached hydrogen (secondary N) is 1. The van der Waals surface area contributed by atoms with Gasteiger partial charge in [-0.25, -0.2) is 0 Å². The van der Waals surface area contributed by atoms with Crippen molar-refractivity contribution in [3.05, 3.63) is 30.0 Å². The summed E-state index contributed by atoms with van der Waals surface area (Å²) < 4.78 is 5.51. The largest absolute Gasteiger partial charge is 0.496 e. The third kappa shape index (κ3) is 2.18. The number of benzene rings is 1. The summed E-state index contributed by atoms with van der Waals surface area (Å²) in [6, 6.07) is 6.28. The minimum atomic E-state index is 0.613. The quantitative estimate of drug-likeness (QED) is 0.886. The second kappa shape index (κ2) is 4.96. The van der Waals surface area contributed by atoms with Gasteiger partial charge in [-0.05, 0) is 42.0 Å². The Morgan fingerprint density at radius 2 is 2.11 bits per heavy atom. The minimum absolute atomic E-state index is 0.613. The van der Waals surface area contributed by atoms with Gasteiger partial charge in [-0.2, -0.15) is 5.10 Å². The van der Waals surface area contributed by atoms with E-state index in [0.717, 1.165) is 16.9 Å². The lowest BCUT2D eigenvalue weighted by Crippen LogP contribution is -1.98. The second-order valence-electron chi connectivity index (χ2n) is 5.14. The van der Waals surface area contributed by atoms with Crippen molar-refractivity contribution in [3.63, 3.8) is 0 Å². The van der Waals surface area contributed by atoms with Crippen LogP contribution < -0.4 is 10.5 Å². The van der Waals surface area contributed by atoms with Crippen molar-refractivity contribution in [2.24, 2.45) is 0 Å². The van der Waals surface area contributed by atoms with Crippen molar-refractivity contribution in [3.8, 4) is 16.9 Å². The van der Waals surface area contributed by atoms with E-state index >= 15 is 0 Å². The van der Waals surface area contributed by atoms with Crippen molar-refractivity contribution in [1.29, 1.82) is 0 Å². The fourth-order valence-corrected chi connectivity index (χ4v) is 2.98. The zero-order valence-corrected chi connectivity index (χ0v) is 11.1. The summed E-state index contributed by atoms with van der Waals surface area (Å²) >= 11 is 0. The van der Waals surface area contributed by atoms with Gasteiger partial charge in [0, 0.05) is 5.56 Å². The Morgan fingerprint density at radius 3 is 2.74 bits per heavy atom. The number of nitrogen functional groups attached to an aromatic ring is 1. The molecule has 1 aliphatic carbocycles. The van der Waals surface area contributed by atoms with Crippen LogP contribution in [0.25, 0.3) is 11.1 Å². The fraction of sp³-hybridized carbons (Fsp3) is 0.400. The van der Waals surface area contributed by atoms with E-state index in [4.69, 9.17) is 10.5 Å². The van der Waals surface area contributed by atoms with Crippen LogP contribution in [0.4, 0.5) is 5.82 Å². The van der Waals surface area contributed by atoms with E-state index in [1.165, 1.54) is 31.2 Å². The zero-order chi connectivity index (χ0) is 13.2. The van der Waals surface area contributed by atoms with Crippen LogP contribution in [0, 0.1) is 0 Å². The molecule has 0 atom stereocenters. The molecule has 3 N–H and O–H groups in total. The third-order valence-corrected chi connectivity index (χ3v) is 4.00. The van der Waals surface area contributed by atoms with Crippen molar-refractivity contribution < 1.29 is 4.74 Å². The molecule has 0 bridgehead atoms. The van der Waals surface area contributed by atoms with Crippen LogP contribution >= 0.6 is 0 Å². The molecule has 0 aliphatic heterocycles. The topological polar surface area (TPSA) is 63.9 Å². The molecule has 1 aromatic carbocycles. The normalized spacial score (nSPS) is 15.8. The van der Waals surface area contributed by atoms with Crippen molar-refractivity contribution in [2.45, 2.75) is 31.6 Å². The highest BCUT2D eigenvalue weighted by Gasteiger charge is 2.21. The molecule has 1 aromatic heterocycles. The van der Waals surface area contributed by atoms with E-state index in [2.05, 4.69) is 16.3 Å². The number of anilines is 1. The maximum Gasteiger partial charge on any atom is 0.126 e. The summed E-state index contributed by atoms with van der Waals surface area (Å²) in [5.74, 6) is 2.21. The highest BCUT2D eigenvalue weighted by atomic mass is 16.5. The number of aromatic nitrogens is 2. The number of rotatable bonds is 3. The molecule has 0 radical (unpaired) electrons. The Morgan fingerprint density at radius 1 is 1.32 bits per heavy atom. The number of methoxy groups -OCH3 is 1. The van der Waals surface area contributed by atoms with Gasteiger partial charge < -0.3 is 10.5 Å². The lowest BCUT2D eigenvalue weighted by molar-refractivity contribution is 0.405. The number of nitrogens with two attached hydrogens (primary N) is 1. The summed E-state index contributed by atoms with van der Waals surface area (Å²) in [4.78, 5) is 0. The van der Waals surface area contributed by atoms with Gasteiger partial charge in [-0.3, -0.25) is 5.10 Å². The Kier molecular flexibility index (Phi) is 3.15. The second-order valence-corrected chi connectivity index (χ2v) is 5.14. The lowest BCUT2D eigenvalue weighted by Gasteiger charge is -2.15. The predicted molar refractivity (Wildman–Crippen MR) is 76.2 cm³/mol. The van der Waals surface area contributed by atoms with Gasteiger partial charge in [-0.1, -0.05) is 18.9 Å². The number of hydrogen-bond acceptors (Lipinski definition) is 3. The molecule has 2 aromatic rings. The Balaban J connectivity index is 2.04. The van der Waals surface area contributed by atoms with Crippen LogP contribution in [-0.2, 0) is 0 Å². The van der Waals surface area contributed by atoms with Crippen molar-refractivity contribution in [2.75, 3.05) is 12.8 Å². The fourth-order valence-electron chi connectivity index (χ4n) is 2.98. The monoisotopic (exact) mass is 257 g/mol. The van der Waals surface area contributed by atoms with E-state index in [-0.39, 0.29) is 0 Å². The molecule has 4 heteroatoms. The summed E-state index contributed by atoms with van der Waals surface area (Å²) in [6.07, 6.45) is 6.90. The maximum atomic E-state index is 5.90. The van der Waals surface area contributed by atoms with E-state index in [9.17, 15) is 0 Å². The van der Waals surface area contributed by atoms with Gasteiger partial charge in [-0.15, -0.1) is 0 Å². The molecule has 0 amide bonds. The first kappa shape index (κ1) is 12.1. The van der Waals surface area contributed by atoms with Crippen LogP contribution in [0.15, 0.2) is 24.4 Å². The van der Waals surface area contributed by atoms with Gasteiger partial charge in [0.25, 0.3) is 0 Å². The molecule has 1 heterocycles. The smallest absolute Gasteiger partial charge is 0.126 e. The molecule has 1 aliphatic rings. The third-order valence-electron chi connectivity index (χ3n) is 4.00. The molecular formula is C15H19N3O. The first-order valence-corrected chi connectivity index (χ1v) is 6.76. The van der Waals surface area contributed by atoms with Crippen molar-refractivity contribution >= 4 is 5.82 Å². The predicted octanol–water partition coefficient (Wildman–Crippen LogP) is 3.33. The van der Waals surface area contributed by atoms with E-state index in [1.807, 2.05) is 12.1 Å². The first-order chi connectivity index (χ1) is 9.29. The zero-order valence-electron chi connectivity index (χ0n) is 11.1. The standard InChI is InChI=1S/C15H19N3O/c1-19-14-7-6-11(13-9-17-18-15(13)16)8-12(14)10-4-2-3-5-10/h6-10H,2-5H2,1H3,(H3,16,17,18). The molecule has 0 saturated heterocycles. The van der Waals surface area contributed by atoms with Gasteiger partial charge in [0.1, 0.15) is 11.6 Å². The first-order valence-electron chi connectivity index (χ1n) is 6.76. The number of H-pyrrole nitrogens is 1. The van der Waals surface area contributed by atoms with Gasteiger partial charge in [0.2, 0.25) is 0 Å². The Labute approximate surface area is 113 Å². The van der Waals surface area contributed by atoms with Crippen LogP contribution in [0.3, 0.4) is 0 Å². The molecule has 1 saturated carbocycles. The average molecular weight is 257 g/mol. The maximum absolute atomic E-state index is 5.90. The number of ether oxygens (including phenoxy) is 1. The number of hydrogen-bond donors (Lipinski definition) is 2. The van der Waals surface area contributed by atoms with E-state index in [0.29, 0.717) is 11.7 Å². The molecule has 0 spiro atoms. The van der Waals surface area contributed by atoms with E-state index in [1.54, 1.807) is 13.3 Å².